The highest BCUT2D eigenvalue weighted by Gasteiger charge is 2.22. The van der Waals surface area contributed by atoms with Crippen LogP contribution in [0.4, 0.5) is 5.82 Å². The second kappa shape index (κ2) is 11.0. The van der Waals surface area contributed by atoms with Crippen molar-refractivity contribution in [2.75, 3.05) is 50.8 Å². The number of ether oxygens (including phenoxy) is 2. The number of hydrogen-bond donors (Lipinski definition) is 0. The summed E-state index contributed by atoms with van der Waals surface area (Å²) in [5, 5.41) is 0.496. The van der Waals surface area contributed by atoms with Gasteiger partial charge in [0, 0.05) is 51.0 Å². The maximum Gasteiger partial charge on any atom is 0.260 e. The Labute approximate surface area is 210 Å². The van der Waals surface area contributed by atoms with Crippen LogP contribution in [0.25, 0.3) is 0 Å². The number of para-hydroxylation sites is 1. The highest BCUT2D eigenvalue weighted by Crippen LogP contribution is 2.26. The molecule has 2 aliphatic heterocycles. The van der Waals surface area contributed by atoms with Crippen molar-refractivity contribution < 1.29 is 14.3 Å². The number of benzene rings is 2. The van der Waals surface area contributed by atoms with Crippen LogP contribution in [0.3, 0.4) is 0 Å². The Morgan fingerprint density at radius 3 is 2.63 bits per heavy atom. The number of anilines is 1. The maximum atomic E-state index is 12.9. The zero-order chi connectivity index (χ0) is 24.0. The van der Waals surface area contributed by atoms with Gasteiger partial charge in [-0.1, -0.05) is 35.9 Å². The smallest absolute Gasteiger partial charge is 0.260 e. The number of amides is 1. The molecule has 1 amide bonds. The molecule has 0 atom stereocenters. The lowest BCUT2D eigenvalue weighted by Gasteiger charge is -2.35. The molecule has 2 aromatic carbocycles. The van der Waals surface area contributed by atoms with Gasteiger partial charge in [-0.3, -0.25) is 9.69 Å². The van der Waals surface area contributed by atoms with Gasteiger partial charge in [0.25, 0.3) is 5.91 Å². The van der Waals surface area contributed by atoms with Crippen molar-refractivity contribution >= 4 is 23.3 Å². The first-order valence-corrected chi connectivity index (χ1v) is 12.3. The molecule has 0 bridgehead atoms. The molecule has 0 radical (unpaired) electrons. The quantitative estimate of drug-likeness (QED) is 0.521. The molecule has 1 saturated heterocycles. The molecule has 1 aromatic heterocycles. The lowest BCUT2D eigenvalue weighted by atomic mass is 10.1. The van der Waals surface area contributed by atoms with Gasteiger partial charge in [-0.2, -0.15) is 0 Å². The molecule has 0 spiro atoms. The third kappa shape index (κ3) is 5.86. The Morgan fingerprint density at radius 2 is 1.83 bits per heavy atom. The summed E-state index contributed by atoms with van der Waals surface area (Å²) in [6.45, 7) is 6.16. The first-order chi connectivity index (χ1) is 17.2. The molecule has 3 heterocycles. The predicted molar refractivity (Wildman–Crippen MR) is 136 cm³/mol. The Balaban J connectivity index is 1.18. The molecule has 0 unspecified atom stereocenters. The van der Waals surface area contributed by atoms with Crippen molar-refractivity contribution in [3.05, 3.63) is 83.0 Å². The van der Waals surface area contributed by atoms with Crippen molar-refractivity contribution in [3.63, 3.8) is 0 Å². The maximum absolute atomic E-state index is 12.9. The van der Waals surface area contributed by atoms with Crippen LogP contribution in [0.2, 0.25) is 5.02 Å². The van der Waals surface area contributed by atoms with E-state index >= 15 is 0 Å². The van der Waals surface area contributed by atoms with Gasteiger partial charge in [-0.05, 0) is 42.0 Å². The third-order valence-electron chi connectivity index (χ3n) is 6.40. The second-order valence-corrected chi connectivity index (χ2v) is 9.18. The fraction of sp³-hybridized carbons (Fsp3) is 0.333. The first-order valence-electron chi connectivity index (χ1n) is 11.9. The van der Waals surface area contributed by atoms with Gasteiger partial charge in [0.15, 0.2) is 6.61 Å². The third-order valence-corrected chi connectivity index (χ3v) is 6.71. The predicted octanol–water partition coefficient (Wildman–Crippen LogP) is 3.86. The molecule has 8 heteroatoms. The van der Waals surface area contributed by atoms with Crippen LogP contribution < -0.4 is 14.4 Å². The molecule has 0 aliphatic carbocycles. The molecule has 1 fully saturated rings. The summed E-state index contributed by atoms with van der Waals surface area (Å²) < 4.78 is 11.6. The van der Waals surface area contributed by atoms with E-state index in [2.05, 4.69) is 33.0 Å². The van der Waals surface area contributed by atoms with Crippen LogP contribution in [0.1, 0.15) is 11.1 Å². The molecular formula is C27H29ClN4O3. The van der Waals surface area contributed by atoms with Gasteiger partial charge >= 0.3 is 0 Å². The van der Waals surface area contributed by atoms with Crippen molar-refractivity contribution in [1.82, 2.24) is 14.8 Å². The number of aromatic nitrogens is 1. The van der Waals surface area contributed by atoms with Crippen LogP contribution >= 0.6 is 11.6 Å². The van der Waals surface area contributed by atoms with Crippen LogP contribution in [0.15, 0.2) is 66.9 Å². The van der Waals surface area contributed by atoms with Gasteiger partial charge in [0.05, 0.1) is 11.6 Å². The lowest BCUT2D eigenvalue weighted by molar-refractivity contribution is -0.134. The number of carbonyl (C=O) groups excluding carboxylic acids is 1. The van der Waals surface area contributed by atoms with E-state index in [1.54, 1.807) is 17.0 Å². The van der Waals surface area contributed by atoms with E-state index in [-0.39, 0.29) is 12.5 Å². The van der Waals surface area contributed by atoms with Gasteiger partial charge in [-0.25, -0.2) is 4.98 Å². The zero-order valence-electron chi connectivity index (χ0n) is 19.6. The molecular weight excluding hydrogens is 464 g/mol. The summed E-state index contributed by atoms with van der Waals surface area (Å²) in [7, 11) is 0. The largest absolute Gasteiger partial charge is 0.491 e. The van der Waals surface area contributed by atoms with Crippen LogP contribution in [-0.4, -0.2) is 66.6 Å². The first kappa shape index (κ1) is 23.5. The normalized spacial score (nSPS) is 16.3. The molecule has 3 aromatic rings. The molecule has 5 rings (SSSR count). The molecule has 7 nitrogen and oxygen atoms in total. The van der Waals surface area contributed by atoms with E-state index in [1.807, 2.05) is 36.5 Å². The average molecular weight is 493 g/mol. The Kier molecular flexibility index (Phi) is 7.35. The minimum Gasteiger partial charge on any atom is -0.491 e. The highest BCUT2D eigenvalue weighted by molar-refractivity contribution is 6.32. The Morgan fingerprint density at radius 1 is 1.00 bits per heavy atom. The van der Waals surface area contributed by atoms with Crippen molar-refractivity contribution in [1.29, 1.82) is 0 Å². The van der Waals surface area contributed by atoms with E-state index in [0.717, 1.165) is 49.9 Å². The fourth-order valence-corrected chi connectivity index (χ4v) is 4.68. The number of fused-ring (bicyclic) bond motifs is 1. The molecule has 182 valence electrons. The van der Waals surface area contributed by atoms with Crippen LogP contribution in [-0.2, 0) is 17.9 Å². The summed E-state index contributed by atoms with van der Waals surface area (Å²) in [6, 6.07) is 19.5. The van der Waals surface area contributed by atoms with Crippen molar-refractivity contribution in [2.45, 2.75) is 13.1 Å². The standard InChI is InChI=1S/C27H29ClN4O3/c28-23-5-1-2-6-25(23)35-20-27(33)32-15-16-34-24-9-8-21(17-22(24)19-32)18-30-11-13-31(14-12-30)26-7-3-4-10-29-26/h1-10,17H,11-16,18-20H2. The van der Waals surface area contributed by atoms with Gasteiger partial charge < -0.3 is 19.3 Å². The molecule has 35 heavy (non-hydrogen) atoms. The number of halogens is 1. The number of hydrogen-bond acceptors (Lipinski definition) is 6. The summed E-state index contributed by atoms with van der Waals surface area (Å²) in [5.74, 6) is 2.31. The SMILES string of the molecule is O=C(COc1ccccc1Cl)N1CCOc2ccc(CN3CCN(c4ccccn4)CC3)cc2C1. The summed E-state index contributed by atoms with van der Waals surface area (Å²) in [4.78, 5) is 23.9. The molecule has 0 N–H and O–H groups in total. The Hall–Kier alpha value is -3.29. The van der Waals surface area contributed by atoms with E-state index < -0.39 is 0 Å². The lowest BCUT2D eigenvalue weighted by Crippen LogP contribution is -2.46. The van der Waals surface area contributed by atoms with Crippen LogP contribution in [0.5, 0.6) is 11.5 Å². The zero-order valence-corrected chi connectivity index (χ0v) is 20.4. The number of piperazine rings is 1. The van der Waals surface area contributed by atoms with E-state index in [9.17, 15) is 4.79 Å². The minimum atomic E-state index is -0.0857. The van der Waals surface area contributed by atoms with Crippen LogP contribution in [0, 0.1) is 0 Å². The Bertz CT molecular complexity index is 1150. The fourth-order valence-electron chi connectivity index (χ4n) is 4.49. The summed E-state index contributed by atoms with van der Waals surface area (Å²) in [5.41, 5.74) is 2.25. The molecule has 2 aliphatic rings. The number of carbonyl (C=O) groups is 1. The van der Waals surface area contributed by atoms with Gasteiger partial charge in [0.2, 0.25) is 0 Å². The average Bonchev–Trinajstić information content (AvgIpc) is 3.11. The highest BCUT2D eigenvalue weighted by atomic mass is 35.5. The van der Waals surface area contributed by atoms with Gasteiger partial charge in [-0.15, -0.1) is 0 Å². The number of nitrogens with zero attached hydrogens (tertiary/aromatic N) is 4. The monoisotopic (exact) mass is 492 g/mol. The van der Waals surface area contributed by atoms with Crippen molar-refractivity contribution in [3.8, 4) is 11.5 Å². The number of pyridine rings is 1. The summed E-state index contributed by atoms with van der Waals surface area (Å²) >= 11 is 6.14. The second-order valence-electron chi connectivity index (χ2n) is 8.78. The molecule has 0 saturated carbocycles. The minimum absolute atomic E-state index is 0.0562. The van der Waals surface area contributed by atoms with E-state index in [1.165, 1.54) is 5.56 Å². The summed E-state index contributed by atoms with van der Waals surface area (Å²) in [6.07, 6.45) is 1.84. The van der Waals surface area contributed by atoms with Gasteiger partial charge in [0.1, 0.15) is 23.9 Å². The number of rotatable bonds is 6. The van der Waals surface area contributed by atoms with E-state index in [4.69, 9.17) is 21.1 Å². The van der Waals surface area contributed by atoms with Crippen molar-refractivity contribution in [2.24, 2.45) is 0 Å². The topological polar surface area (TPSA) is 58.1 Å². The van der Waals surface area contributed by atoms with E-state index in [0.29, 0.717) is 30.5 Å².